The summed E-state index contributed by atoms with van der Waals surface area (Å²) in [5.74, 6) is 8.11. The molecule has 0 aliphatic heterocycles. The Morgan fingerprint density at radius 3 is 2.66 bits per heavy atom. The maximum Gasteiger partial charge on any atom is 0.191 e. The van der Waals surface area contributed by atoms with E-state index in [4.69, 9.17) is 11.6 Å². The highest BCUT2D eigenvalue weighted by Gasteiger charge is 2.14. The third-order valence-electron chi connectivity index (χ3n) is 4.45. The fourth-order valence-electron chi connectivity index (χ4n) is 2.88. The molecule has 4 nitrogen and oxygen atoms in total. The molecule has 0 saturated heterocycles. The highest BCUT2D eigenvalue weighted by atomic mass is 35.5. The van der Waals surface area contributed by atoms with Gasteiger partial charge in [0.25, 0.3) is 0 Å². The smallest absolute Gasteiger partial charge is 0.191 e. The Morgan fingerprint density at radius 2 is 1.90 bits per heavy atom. The second-order valence-corrected chi connectivity index (χ2v) is 8.07. The van der Waals surface area contributed by atoms with Gasteiger partial charge in [-0.15, -0.1) is 10.2 Å². The van der Waals surface area contributed by atoms with Gasteiger partial charge in [-0.05, 0) is 37.1 Å². The molecule has 0 atom stereocenters. The minimum Gasteiger partial charge on any atom is -0.302 e. The lowest BCUT2D eigenvalue weighted by Crippen LogP contribution is -2.00. The summed E-state index contributed by atoms with van der Waals surface area (Å²) in [7, 11) is 0. The number of hydrogen-bond acceptors (Lipinski definition) is 4. The molecule has 2 heterocycles. The Hall–Kier alpha value is -2.29. The van der Waals surface area contributed by atoms with Crippen LogP contribution in [0.3, 0.4) is 0 Å². The summed E-state index contributed by atoms with van der Waals surface area (Å²) in [5, 5.41) is 10.5. The van der Waals surface area contributed by atoms with Crippen molar-refractivity contribution in [2.45, 2.75) is 57.0 Å². The fraction of sp³-hybridized carbons (Fsp3) is 0.348. The zero-order valence-corrected chi connectivity index (χ0v) is 18.4. The molecule has 6 heteroatoms. The van der Waals surface area contributed by atoms with Gasteiger partial charge < -0.3 is 4.57 Å². The molecule has 0 saturated carbocycles. The number of nitrogens with zero attached hydrogens (tertiary/aromatic N) is 4. The van der Waals surface area contributed by atoms with Gasteiger partial charge in [-0.3, -0.25) is 4.98 Å². The van der Waals surface area contributed by atoms with E-state index in [2.05, 4.69) is 45.4 Å². The van der Waals surface area contributed by atoms with Gasteiger partial charge >= 0.3 is 0 Å². The average Bonchev–Trinajstić information content (AvgIpc) is 3.16. The third-order valence-corrected chi connectivity index (χ3v) is 5.74. The van der Waals surface area contributed by atoms with Crippen molar-refractivity contribution in [2.75, 3.05) is 0 Å². The normalized spacial score (nSPS) is 10.6. The second-order valence-electron chi connectivity index (χ2n) is 6.69. The van der Waals surface area contributed by atoms with Gasteiger partial charge in [-0.2, -0.15) is 0 Å². The molecule has 150 valence electrons. The Bertz CT molecular complexity index is 986. The zero-order valence-electron chi connectivity index (χ0n) is 16.9. The highest BCUT2D eigenvalue weighted by Crippen LogP contribution is 2.26. The van der Waals surface area contributed by atoms with Gasteiger partial charge in [0.15, 0.2) is 11.0 Å². The largest absolute Gasteiger partial charge is 0.302 e. The molecule has 0 amide bonds. The van der Waals surface area contributed by atoms with E-state index in [9.17, 15) is 0 Å². The number of thioether (sulfide) groups is 1. The van der Waals surface area contributed by atoms with Crippen LogP contribution in [-0.4, -0.2) is 19.7 Å². The van der Waals surface area contributed by atoms with E-state index in [1.165, 1.54) is 18.4 Å². The SMILES string of the molecule is CCCCCC#Cc1cncc(-c2nnc(SCc3ccc(Cl)cc3)n2CC)c1. The molecule has 0 aliphatic carbocycles. The quantitative estimate of drug-likeness (QED) is 0.244. The lowest BCUT2D eigenvalue weighted by atomic mass is 10.1. The van der Waals surface area contributed by atoms with Crippen molar-refractivity contribution in [3.63, 3.8) is 0 Å². The monoisotopic (exact) mass is 424 g/mol. The average molecular weight is 425 g/mol. The molecular formula is C23H25ClN4S. The summed E-state index contributed by atoms with van der Waals surface area (Å²) < 4.78 is 2.12. The van der Waals surface area contributed by atoms with Gasteiger partial charge in [-0.1, -0.05) is 67.1 Å². The molecular weight excluding hydrogens is 400 g/mol. The van der Waals surface area contributed by atoms with Crippen LogP contribution in [0.25, 0.3) is 11.4 Å². The Labute approximate surface area is 182 Å². The van der Waals surface area contributed by atoms with Crippen LogP contribution in [0.15, 0.2) is 47.9 Å². The standard InChI is InChI=1S/C23H25ClN4S/c1-3-5-6-7-8-9-19-14-20(16-25-15-19)22-26-27-23(28(22)4-2)29-17-18-10-12-21(24)13-11-18/h10-16H,3-7,17H2,1-2H3. The molecule has 29 heavy (non-hydrogen) atoms. The molecule has 0 radical (unpaired) electrons. The van der Waals surface area contributed by atoms with Crippen molar-refractivity contribution >= 4 is 23.4 Å². The van der Waals surface area contributed by atoms with E-state index in [0.29, 0.717) is 0 Å². The summed E-state index contributed by atoms with van der Waals surface area (Å²) >= 11 is 7.64. The van der Waals surface area contributed by atoms with Gasteiger partial charge in [0.2, 0.25) is 0 Å². The van der Waals surface area contributed by atoms with Gasteiger partial charge in [0, 0.05) is 47.3 Å². The van der Waals surface area contributed by atoms with E-state index in [1.54, 1.807) is 18.0 Å². The Morgan fingerprint density at radius 1 is 1.07 bits per heavy atom. The van der Waals surface area contributed by atoms with Crippen molar-refractivity contribution in [2.24, 2.45) is 0 Å². The van der Waals surface area contributed by atoms with Gasteiger partial charge in [-0.25, -0.2) is 0 Å². The predicted molar refractivity (Wildman–Crippen MR) is 121 cm³/mol. The molecule has 3 aromatic rings. The van der Waals surface area contributed by atoms with Crippen LogP contribution >= 0.6 is 23.4 Å². The first-order chi connectivity index (χ1) is 14.2. The van der Waals surface area contributed by atoms with Gasteiger partial charge in [0.1, 0.15) is 0 Å². The Kier molecular flexibility index (Phi) is 8.15. The van der Waals surface area contributed by atoms with Crippen molar-refractivity contribution in [1.82, 2.24) is 19.7 Å². The summed E-state index contributed by atoms with van der Waals surface area (Å²) in [6.07, 6.45) is 8.14. The molecule has 0 fully saturated rings. The number of pyridine rings is 1. The van der Waals surface area contributed by atoms with Crippen LogP contribution < -0.4 is 0 Å². The molecule has 0 bridgehead atoms. The van der Waals surface area contributed by atoms with Crippen LogP contribution in [0.4, 0.5) is 0 Å². The van der Waals surface area contributed by atoms with Crippen LogP contribution in [0.2, 0.25) is 5.02 Å². The first-order valence-electron chi connectivity index (χ1n) is 9.96. The predicted octanol–water partition coefficient (Wildman–Crippen LogP) is 6.24. The molecule has 0 unspecified atom stereocenters. The molecule has 0 N–H and O–H groups in total. The van der Waals surface area contributed by atoms with E-state index in [1.807, 2.05) is 36.5 Å². The summed E-state index contributed by atoms with van der Waals surface area (Å²) in [6, 6.07) is 9.94. The van der Waals surface area contributed by atoms with Crippen LogP contribution in [-0.2, 0) is 12.3 Å². The van der Waals surface area contributed by atoms with Crippen molar-refractivity contribution < 1.29 is 0 Å². The van der Waals surface area contributed by atoms with Crippen molar-refractivity contribution in [1.29, 1.82) is 0 Å². The highest BCUT2D eigenvalue weighted by molar-refractivity contribution is 7.98. The third kappa shape index (κ3) is 6.09. The summed E-state index contributed by atoms with van der Waals surface area (Å²) in [4.78, 5) is 4.36. The first-order valence-corrected chi connectivity index (χ1v) is 11.3. The number of aromatic nitrogens is 4. The molecule has 1 aromatic carbocycles. The maximum absolute atomic E-state index is 5.97. The molecule has 0 spiro atoms. The number of rotatable bonds is 8. The second kappa shape index (κ2) is 11.0. The lowest BCUT2D eigenvalue weighted by molar-refractivity contribution is 0.687. The minimum atomic E-state index is 0.749. The van der Waals surface area contributed by atoms with Crippen LogP contribution in [0.5, 0.6) is 0 Å². The molecule has 0 aliphatic rings. The van der Waals surface area contributed by atoms with Crippen LogP contribution in [0, 0.1) is 11.8 Å². The zero-order chi connectivity index (χ0) is 20.5. The summed E-state index contributed by atoms with van der Waals surface area (Å²) in [5.41, 5.74) is 3.06. The number of hydrogen-bond donors (Lipinski definition) is 0. The lowest BCUT2D eigenvalue weighted by Gasteiger charge is -2.07. The Balaban J connectivity index is 1.74. The van der Waals surface area contributed by atoms with E-state index >= 15 is 0 Å². The first kappa shape index (κ1) is 21.4. The number of halogens is 1. The number of benzene rings is 1. The molecule has 3 rings (SSSR count). The maximum atomic E-state index is 5.97. The number of unbranched alkanes of at least 4 members (excludes halogenated alkanes) is 3. The van der Waals surface area contributed by atoms with Crippen molar-refractivity contribution in [3.05, 3.63) is 58.9 Å². The summed E-state index contributed by atoms with van der Waals surface area (Å²) in [6.45, 7) is 5.09. The van der Waals surface area contributed by atoms with E-state index < -0.39 is 0 Å². The molecule has 2 aromatic heterocycles. The van der Waals surface area contributed by atoms with Crippen LogP contribution in [0.1, 0.15) is 50.7 Å². The van der Waals surface area contributed by atoms with E-state index in [0.717, 1.165) is 52.3 Å². The van der Waals surface area contributed by atoms with E-state index in [-0.39, 0.29) is 0 Å². The topological polar surface area (TPSA) is 43.6 Å². The van der Waals surface area contributed by atoms with Crippen molar-refractivity contribution in [3.8, 4) is 23.2 Å². The minimum absolute atomic E-state index is 0.749. The van der Waals surface area contributed by atoms with Gasteiger partial charge in [0.05, 0.1) is 0 Å². The fourth-order valence-corrected chi connectivity index (χ4v) is 3.97.